The molecular formula is C16H14BrNO3S. The lowest BCUT2D eigenvalue weighted by Crippen LogP contribution is -2.30. The Kier molecular flexibility index (Phi) is 4.31. The van der Waals surface area contributed by atoms with Crippen LogP contribution in [0.25, 0.3) is 0 Å². The van der Waals surface area contributed by atoms with Gasteiger partial charge in [0.25, 0.3) is 5.91 Å². The molecule has 1 N–H and O–H groups in total. The summed E-state index contributed by atoms with van der Waals surface area (Å²) < 4.78 is 0.600. The summed E-state index contributed by atoms with van der Waals surface area (Å²) >= 11 is 4.93. The molecule has 1 aromatic heterocycles. The lowest BCUT2D eigenvalue weighted by atomic mass is 10.1. The largest absolute Gasteiger partial charge is 0.478 e. The SMILES string of the molecule is O=C(O)c1cc(Br)cc(C(=O)N2CCCC2c2cccs2)c1. The average molecular weight is 380 g/mol. The molecule has 1 atom stereocenters. The molecule has 114 valence electrons. The number of nitrogens with zero attached hydrogens (tertiary/aromatic N) is 1. The Morgan fingerprint density at radius 2 is 2.05 bits per heavy atom. The molecule has 1 saturated heterocycles. The minimum absolute atomic E-state index is 0.0970. The number of amides is 1. The van der Waals surface area contributed by atoms with Crippen molar-refractivity contribution in [3.63, 3.8) is 0 Å². The zero-order valence-electron chi connectivity index (χ0n) is 11.7. The first-order valence-corrected chi connectivity index (χ1v) is 8.62. The molecule has 0 spiro atoms. The molecule has 6 heteroatoms. The Labute approximate surface area is 140 Å². The zero-order valence-corrected chi connectivity index (χ0v) is 14.1. The van der Waals surface area contributed by atoms with Gasteiger partial charge in [0, 0.05) is 21.5 Å². The van der Waals surface area contributed by atoms with E-state index in [9.17, 15) is 9.59 Å². The summed E-state index contributed by atoms with van der Waals surface area (Å²) in [5, 5.41) is 11.2. The summed E-state index contributed by atoms with van der Waals surface area (Å²) in [6.07, 6.45) is 1.92. The Bertz CT molecular complexity index is 714. The van der Waals surface area contributed by atoms with Crippen LogP contribution in [0.15, 0.2) is 40.2 Å². The van der Waals surface area contributed by atoms with Crippen LogP contribution in [0.5, 0.6) is 0 Å². The van der Waals surface area contributed by atoms with Gasteiger partial charge in [0.15, 0.2) is 0 Å². The van der Waals surface area contributed by atoms with Gasteiger partial charge in [-0.2, -0.15) is 0 Å². The van der Waals surface area contributed by atoms with Crippen LogP contribution in [0.4, 0.5) is 0 Å². The fourth-order valence-electron chi connectivity index (χ4n) is 2.79. The van der Waals surface area contributed by atoms with Crippen molar-refractivity contribution in [2.24, 2.45) is 0 Å². The van der Waals surface area contributed by atoms with Crippen LogP contribution in [0, 0.1) is 0 Å². The number of carbonyl (C=O) groups is 2. The molecule has 1 aromatic carbocycles. The minimum Gasteiger partial charge on any atom is -0.478 e. The molecule has 1 amide bonds. The Morgan fingerprint density at radius 3 is 2.73 bits per heavy atom. The molecule has 2 heterocycles. The summed E-state index contributed by atoms with van der Waals surface area (Å²) in [5.74, 6) is -1.15. The fraction of sp³-hybridized carbons (Fsp3) is 0.250. The van der Waals surface area contributed by atoms with Gasteiger partial charge in [0.05, 0.1) is 11.6 Å². The Balaban J connectivity index is 1.92. The maximum absolute atomic E-state index is 12.8. The lowest BCUT2D eigenvalue weighted by Gasteiger charge is -2.24. The third-order valence-electron chi connectivity index (χ3n) is 3.78. The molecule has 0 radical (unpaired) electrons. The zero-order chi connectivity index (χ0) is 15.7. The van der Waals surface area contributed by atoms with Crippen molar-refractivity contribution in [3.05, 3.63) is 56.2 Å². The van der Waals surface area contributed by atoms with E-state index in [4.69, 9.17) is 5.11 Å². The molecule has 4 nitrogen and oxygen atoms in total. The number of hydrogen-bond acceptors (Lipinski definition) is 3. The van der Waals surface area contributed by atoms with Crippen molar-refractivity contribution in [3.8, 4) is 0 Å². The number of aromatic carboxylic acids is 1. The van der Waals surface area contributed by atoms with E-state index in [1.165, 1.54) is 17.0 Å². The molecule has 0 bridgehead atoms. The van der Waals surface area contributed by atoms with Crippen molar-refractivity contribution >= 4 is 39.1 Å². The van der Waals surface area contributed by atoms with E-state index in [-0.39, 0.29) is 17.5 Å². The molecule has 1 aliphatic rings. The van der Waals surface area contributed by atoms with Gasteiger partial charge < -0.3 is 10.0 Å². The lowest BCUT2D eigenvalue weighted by molar-refractivity contribution is 0.0697. The highest BCUT2D eigenvalue weighted by atomic mass is 79.9. The topological polar surface area (TPSA) is 57.6 Å². The van der Waals surface area contributed by atoms with Crippen LogP contribution < -0.4 is 0 Å². The van der Waals surface area contributed by atoms with Gasteiger partial charge in [-0.3, -0.25) is 4.79 Å². The van der Waals surface area contributed by atoms with E-state index in [2.05, 4.69) is 15.9 Å². The summed E-state index contributed by atoms with van der Waals surface area (Å²) in [6, 6.07) is 8.75. The third-order valence-corrected chi connectivity index (χ3v) is 5.21. The van der Waals surface area contributed by atoms with Gasteiger partial charge in [-0.1, -0.05) is 22.0 Å². The monoisotopic (exact) mass is 379 g/mol. The van der Waals surface area contributed by atoms with Crippen molar-refractivity contribution < 1.29 is 14.7 Å². The van der Waals surface area contributed by atoms with Crippen molar-refractivity contribution in [1.29, 1.82) is 0 Å². The highest BCUT2D eigenvalue weighted by Gasteiger charge is 2.31. The average Bonchev–Trinajstić information content (AvgIpc) is 3.16. The maximum atomic E-state index is 12.8. The summed E-state index contributed by atoms with van der Waals surface area (Å²) in [6.45, 7) is 0.705. The summed E-state index contributed by atoms with van der Waals surface area (Å²) in [7, 11) is 0. The smallest absolute Gasteiger partial charge is 0.335 e. The first kappa shape index (κ1) is 15.2. The number of thiophene rings is 1. The molecule has 0 aliphatic carbocycles. The van der Waals surface area contributed by atoms with Crippen molar-refractivity contribution in [1.82, 2.24) is 4.90 Å². The van der Waals surface area contributed by atoms with Gasteiger partial charge in [0.1, 0.15) is 0 Å². The molecule has 22 heavy (non-hydrogen) atoms. The van der Waals surface area contributed by atoms with Crippen LogP contribution in [-0.4, -0.2) is 28.4 Å². The van der Waals surface area contributed by atoms with E-state index < -0.39 is 5.97 Å². The standard InChI is InChI=1S/C16H14BrNO3S/c17-12-8-10(7-11(9-12)16(20)21)15(19)18-5-1-3-13(18)14-4-2-6-22-14/h2,4,6-9,13H,1,3,5H2,(H,20,21). The predicted octanol–water partition coefficient (Wildman–Crippen LogP) is 4.19. The number of likely N-dealkylation sites (tertiary alicyclic amines) is 1. The van der Waals surface area contributed by atoms with Crippen LogP contribution in [0.2, 0.25) is 0 Å². The minimum atomic E-state index is -1.04. The van der Waals surface area contributed by atoms with Crippen molar-refractivity contribution in [2.45, 2.75) is 18.9 Å². The number of carboxylic acids is 1. The summed E-state index contributed by atoms with van der Waals surface area (Å²) in [4.78, 5) is 27.0. The molecule has 0 saturated carbocycles. The first-order chi connectivity index (χ1) is 10.6. The molecule has 1 fully saturated rings. The van der Waals surface area contributed by atoms with E-state index in [0.717, 1.165) is 12.8 Å². The highest BCUT2D eigenvalue weighted by Crippen LogP contribution is 2.35. The van der Waals surface area contributed by atoms with Gasteiger partial charge in [-0.25, -0.2) is 4.79 Å². The number of benzene rings is 1. The number of carbonyl (C=O) groups excluding carboxylic acids is 1. The molecule has 2 aromatic rings. The quantitative estimate of drug-likeness (QED) is 0.869. The number of carboxylic acid groups (broad SMARTS) is 1. The molecule has 3 rings (SSSR count). The highest BCUT2D eigenvalue weighted by molar-refractivity contribution is 9.10. The number of hydrogen-bond donors (Lipinski definition) is 1. The number of rotatable bonds is 3. The van der Waals surface area contributed by atoms with Gasteiger partial charge in [-0.15, -0.1) is 11.3 Å². The van der Waals surface area contributed by atoms with Crippen LogP contribution >= 0.6 is 27.3 Å². The van der Waals surface area contributed by atoms with Crippen LogP contribution in [-0.2, 0) is 0 Å². The maximum Gasteiger partial charge on any atom is 0.335 e. The van der Waals surface area contributed by atoms with Crippen molar-refractivity contribution in [2.75, 3.05) is 6.54 Å². The van der Waals surface area contributed by atoms with Crippen LogP contribution in [0.1, 0.15) is 44.5 Å². The normalized spacial score (nSPS) is 17.7. The van der Waals surface area contributed by atoms with Crippen LogP contribution in [0.3, 0.4) is 0 Å². The molecular weight excluding hydrogens is 366 g/mol. The summed E-state index contributed by atoms with van der Waals surface area (Å²) in [5.41, 5.74) is 0.528. The van der Waals surface area contributed by atoms with E-state index >= 15 is 0 Å². The molecule has 1 unspecified atom stereocenters. The number of halogens is 1. The third kappa shape index (κ3) is 2.94. The second kappa shape index (κ2) is 6.22. The predicted molar refractivity (Wildman–Crippen MR) is 88.4 cm³/mol. The first-order valence-electron chi connectivity index (χ1n) is 6.94. The van der Waals surface area contributed by atoms with Gasteiger partial charge >= 0.3 is 5.97 Å². The Hall–Kier alpha value is -1.66. The van der Waals surface area contributed by atoms with E-state index in [1.807, 2.05) is 22.4 Å². The Morgan fingerprint density at radius 1 is 1.27 bits per heavy atom. The van der Waals surface area contributed by atoms with E-state index in [1.54, 1.807) is 17.4 Å². The molecule has 1 aliphatic heterocycles. The van der Waals surface area contributed by atoms with Gasteiger partial charge in [-0.05, 0) is 42.5 Å². The second-order valence-corrected chi connectivity index (χ2v) is 7.10. The van der Waals surface area contributed by atoms with Gasteiger partial charge in [0.2, 0.25) is 0 Å². The second-order valence-electron chi connectivity index (χ2n) is 5.21. The van der Waals surface area contributed by atoms with E-state index in [0.29, 0.717) is 16.6 Å². The fourth-order valence-corrected chi connectivity index (χ4v) is 4.16.